The van der Waals surface area contributed by atoms with E-state index in [1.165, 1.54) is 6.20 Å². The lowest BCUT2D eigenvalue weighted by atomic mass is 9.96. The van der Waals surface area contributed by atoms with Crippen LogP contribution in [0.2, 0.25) is 0 Å². The third-order valence-electron chi connectivity index (χ3n) is 4.86. The number of anilines is 1. The molecule has 0 unspecified atom stereocenters. The maximum Gasteiger partial charge on any atom is 0.298 e. The Balaban J connectivity index is 1.46. The van der Waals surface area contributed by atoms with E-state index in [9.17, 15) is 9.59 Å². The molecule has 0 radical (unpaired) electrons. The zero-order chi connectivity index (χ0) is 19.9. The molecule has 1 aromatic carbocycles. The standard InChI is InChI=1S/C20H23N5O3/c1-20(2,3)18-21-12-13(16(26)23-18)17(27)24-8-10-25(11-9-24)19-22-14-6-4-5-7-15(14)28-19/h4-7,12H,8-11H2,1-3H3,(H,21,23,26). The summed E-state index contributed by atoms with van der Waals surface area (Å²) in [6.45, 7) is 8.01. The number of oxazole rings is 1. The van der Waals surface area contributed by atoms with Gasteiger partial charge in [-0.15, -0.1) is 0 Å². The second-order valence-corrected chi connectivity index (χ2v) is 7.97. The predicted molar refractivity (Wildman–Crippen MR) is 106 cm³/mol. The summed E-state index contributed by atoms with van der Waals surface area (Å²) in [4.78, 5) is 40.3. The number of nitrogens with zero attached hydrogens (tertiary/aromatic N) is 4. The first-order valence-electron chi connectivity index (χ1n) is 9.32. The average molecular weight is 381 g/mol. The highest BCUT2D eigenvalue weighted by Gasteiger charge is 2.27. The van der Waals surface area contributed by atoms with Crippen LogP contribution in [0.25, 0.3) is 11.1 Å². The maximum atomic E-state index is 12.8. The summed E-state index contributed by atoms with van der Waals surface area (Å²) in [5, 5.41) is 0. The predicted octanol–water partition coefficient (Wildman–Crippen LogP) is 2.17. The molecule has 1 N–H and O–H groups in total. The Hall–Kier alpha value is -3.16. The third-order valence-corrected chi connectivity index (χ3v) is 4.86. The van der Waals surface area contributed by atoms with Gasteiger partial charge in [-0.3, -0.25) is 9.59 Å². The molecule has 0 aliphatic carbocycles. The van der Waals surface area contributed by atoms with E-state index >= 15 is 0 Å². The number of hydrogen-bond acceptors (Lipinski definition) is 6. The van der Waals surface area contributed by atoms with Gasteiger partial charge in [-0.05, 0) is 12.1 Å². The second-order valence-electron chi connectivity index (χ2n) is 7.97. The van der Waals surface area contributed by atoms with Crippen LogP contribution < -0.4 is 10.5 Å². The molecular weight excluding hydrogens is 358 g/mol. The van der Waals surface area contributed by atoms with E-state index in [1.54, 1.807) is 4.90 Å². The first-order chi connectivity index (χ1) is 13.3. The number of para-hydroxylation sites is 2. The van der Waals surface area contributed by atoms with Gasteiger partial charge in [-0.25, -0.2) is 4.98 Å². The average Bonchev–Trinajstić information content (AvgIpc) is 3.11. The van der Waals surface area contributed by atoms with Crippen LogP contribution in [0.3, 0.4) is 0 Å². The summed E-state index contributed by atoms with van der Waals surface area (Å²) in [6, 6.07) is 8.17. The van der Waals surface area contributed by atoms with E-state index in [0.29, 0.717) is 38.0 Å². The van der Waals surface area contributed by atoms with Crippen molar-refractivity contribution in [3.05, 3.63) is 52.2 Å². The molecule has 0 spiro atoms. The molecule has 1 saturated heterocycles. The molecule has 1 fully saturated rings. The topological polar surface area (TPSA) is 95.3 Å². The normalized spacial score (nSPS) is 15.2. The molecule has 8 nitrogen and oxygen atoms in total. The van der Waals surface area contributed by atoms with Gasteiger partial charge in [0.15, 0.2) is 5.58 Å². The van der Waals surface area contributed by atoms with Crippen LogP contribution in [-0.2, 0) is 5.41 Å². The fourth-order valence-electron chi connectivity index (χ4n) is 3.19. The molecule has 8 heteroatoms. The lowest BCUT2D eigenvalue weighted by molar-refractivity contribution is 0.0742. The Morgan fingerprint density at radius 1 is 1.14 bits per heavy atom. The number of nitrogens with one attached hydrogen (secondary N) is 1. The van der Waals surface area contributed by atoms with Crippen LogP contribution in [0.5, 0.6) is 0 Å². The van der Waals surface area contributed by atoms with E-state index < -0.39 is 5.56 Å². The highest BCUT2D eigenvalue weighted by Crippen LogP contribution is 2.23. The van der Waals surface area contributed by atoms with Crippen molar-refractivity contribution in [1.29, 1.82) is 0 Å². The molecule has 3 aromatic rings. The SMILES string of the molecule is CC(C)(C)c1ncc(C(=O)N2CCN(c3nc4ccccc4o3)CC2)c(=O)[nH]1. The van der Waals surface area contributed by atoms with Crippen molar-refractivity contribution in [1.82, 2.24) is 19.9 Å². The fourth-order valence-corrected chi connectivity index (χ4v) is 3.19. The smallest absolute Gasteiger partial charge is 0.298 e. The number of aromatic amines is 1. The van der Waals surface area contributed by atoms with Crippen molar-refractivity contribution in [2.75, 3.05) is 31.1 Å². The van der Waals surface area contributed by atoms with Crippen molar-refractivity contribution in [2.45, 2.75) is 26.2 Å². The summed E-state index contributed by atoms with van der Waals surface area (Å²) in [5.41, 5.74) is 0.945. The molecule has 28 heavy (non-hydrogen) atoms. The number of benzene rings is 1. The van der Waals surface area contributed by atoms with Crippen LogP contribution in [-0.4, -0.2) is 51.9 Å². The summed E-state index contributed by atoms with van der Waals surface area (Å²) in [7, 11) is 0. The van der Waals surface area contributed by atoms with Gasteiger partial charge >= 0.3 is 0 Å². The molecular formula is C20H23N5O3. The molecule has 0 atom stereocenters. The fraction of sp³-hybridized carbons (Fsp3) is 0.400. The van der Waals surface area contributed by atoms with Crippen molar-refractivity contribution in [3.63, 3.8) is 0 Å². The van der Waals surface area contributed by atoms with Gasteiger partial charge in [0.25, 0.3) is 17.5 Å². The van der Waals surface area contributed by atoms with Gasteiger partial charge in [-0.1, -0.05) is 32.9 Å². The second kappa shape index (κ2) is 6.78. The molecule has 4 rings (SSSR count). The Morgan fingerprint density at radius 2 is 1.86 bits per heavy atom. The Labute approximate surface area is 162 Å². The molecule has 0 saturated carbocycles. The minimum absolute atomic E-state index is 0.0725. The zero-order valence-corrected chi connectivity index (χ0v) is 16.2. The molecule has 0 bridgehead atoms. The number of H-pyrrole nitrogens is 1. The minimum Gasteiger partial charge on any atom is -0.423 e. The number of amides is 1. The maximum absolute atomic E-state index is 12.8. The highest BCUT2D eigenvalue weighted by atomic mass is 16.4. The lowest BCUT2D eigenvalue weighted by Gasteiger charge is -2.33. The highest BCUT2D eigenvalue weighted by molar-refractivity contribution is 5.93. The molecule has 3 heterocycles. The first-order valence-corrected chi connectivity index (χ1v) is 9.32. The Kier molecular flexibility index (Phi) is 4.41. The number of carbonyl (C=O) groups is 1. The molecule has 1 aliphatic heterocycles. The number of hydrogen-bond donors (Lipinski definition) is 1. The molecule has 1 aliphatic rings. The van der Waals surface area contributed by atoms with Crippen molar-refractivity contribution in [2.24, 2.45) is 0 Å². The first kappa shape index (κ1) is 18.2. The van der Waals surface area contributed by atoms with Crippen LogP contribution in [0.4, 0.5) is 6.01 Å². The van der Waals surface area contributed by atoms with Gasteiger partial charge in [0.2, 0.25) is 0 Å². The van der Waals surface area contributed by atoms with E-state index in [1.807, 2.05) is 49.9 Å². The Bertz CT molecular complexity index is 1040. The minimum atomic E-state index is -0.397. The lowest BCUT2D eigenvalue weighted by Crippen LogP contribution is -2.49. The van der Waals surface area contributed by atoms with Crippen molar-refractivity contribution in [3.8, 4) is 0 Å². The van der Waals surface area contributed by atoms with Crippen LogP contribution in [0.15, 0.2) is 39.7 Å². The van der Waals surface area contributed by atoms with E-state index in [-0.39, 0.29) is 16.9 Å². The third kappa shape index (κ3) is 3.37. The molecule has 146 valence electrons. The van der Waals surface area contributed by atoms with Crippen LogP contribution >= 0.6 is 0 Å². The van der Waals surface area contributed by atoms with Gasteiger partial charge < -0.3 is 19.2 Å². The van der Waals surface area contributed by atoms with Crippen molar-refractivity contribution >= 4 is 23.0 Å². The van der Waals surface area contributed by atoms with E-state index in [0.717, 1.165) is 11.1 Å². The molecule has 2 aromatic heterocycles. The number of rotatable bonds is 2. The van der Waals surface area contributed by atoms with Gasteiger partial charge in [0.05, 0.1) is 0 Å². The van der Waals surface area contributed by atoms with Gasteiger partial charge in [-0.2, -0.15) is 4.98 Å². The largest absolute Gasteiger partial charge is 0.423 e. The summed E-state index contributed by atoms with van der Waals surface area (Å²) in [5.74, 6) is 0.265. The number of piperazine rings is 1. The van der Waals surface area contributed by atoms with Gasteiger partial charge in [0, 0.05) is 37.8 Å². The van der Waals surface area contributed by atoms with E-state index in [2.05, 4.69) is 15.0 Å². The Morgan fingerprint density at radius 3 is 2.50 bits per heavy atom. The van der Waals surface area contributed by atoms with Gasteiger partial charge in [0.1, 0.15) is 16.9 Å². The number of aromatic nitrogens is 3. The summed E-state index contributed by atoms with van der Waals surface area (Å²) in [6.07, 6.45) is 1.38. The van der Waals surface area contributed by atoms with E-state index in [4.69, 9.17) is 4.42 Å². The van der Waals surface area contributed by atoms with Crippen LogP contribution in [0.1, 0.15) is 37.0 Å². The summed E-state index contributed by atoms with van der Waals surface area (Å²) < 4.78 is 5.80. The number of fused-ring (bicyclic) bond motifs is 1. The monoisotopic (exact) mass is 381 g/mol. The van der Waals surface area contributed by atoms with Crippen molar-refractivity contribution < 1.29 is 9.21 Å². The van der Waals surface area contributed by atoms with Crippen LogP contribution in [0, 0.1) is 0 Å². The zero-order valence-electron chi connectivity index (χ0n) is 16.2. The molecule has 1 amide bonds. The summed E-state index contributed by atoms with van der Waals surface area (Å²) >= 11 is 0. The number of carbonyl (C=O) groups excluding carboxylic acids is 1. The quantitative estimate of drug-likeness (QED) is 0.731.